The third kappa shape index (κ3) is 3.31. The Morgan fingerprint density at radius 1 is 1.12 bits per heavy atom. The number of rotatable bonds is 3. The molecular formula is C20H20N2O3. The number of likely N-dealkylation sites (tertiary alicyclic amines) is 1. The van der Waals surface area contributed by atoms with E-state index >= 15 is 0 Å². The molecule has 0 bridgehead atoms. The number of carbonyl (C=O) groups excluding carboxylic acids is 1. The van der Waals surface area contributed by atoms with E-state index in [1.807, 2.05) is 43.3 Å². The van der Waals surface area contributed by atoms with Crippen LogP contribution in [0.5, 0.6) is 0 Å². The van der Waals surface area contributed by atoms with Crippen LogP contribution < -0.4 is 0 Å². The Morgan fingerprint density at radius 3 is 2.40 bits per heavy atom. The molecule has 1 heterocycles. The van der Waals surface area contributed by atoms with Gasteiger partial charge in [-0.15, -0.1) is 0 Å². The van der Waals surface area contributed by atoms with Gasteiger partial charge in [0.15, 0.2) is 0 Å². The van der Waals surface area contributed by atoms with Crippen molar-refractivity contribution in [1.29, 1.82) is 0 Å². The Balaban J connectivity index is 1.86. The highest BCUT2D eigenvalue weighted by Crippen LogP contribution is 2.25. The highest BCUT2D eigenvalue weighted by molar-refractivity contribution is 6.04. The molecule has 0 spiro atoms. The number of benzene rings is 2. The smallest absolute Gasteiger partial charge is 0.326 e. The summed E-state index contributed by atoms with van der Waals surface area (Å²) in [6.45, 7) is 2.31. The summed E-state index contributed by atoms with van der Waals surface area (Å²) >= 11 is 0. The third-order valence-electron chi connectivity index (χ3n) is 4.61. The molecule has 5 heteroatoms. The van der Waals surface area contributed by atoms with Crippen molar-refractivity contribution in [2.75, 3.05) is 13.6 Å². The summed E-state index contributed by atoms with van der Waals surface area (Å²) in [5, 5.41) is 9.37. The molecule has 1 atom stereocenters. The van der Waals surface area contributed by atoms with Gasteiger partial charge in [-0.3, -0.25) is 9.79 Å². The molecule has 0 aliphatic carbocycles. The van der Waals surface area contributed by atoms with E-state index in [-0.39, 0.29) is 12.5 Å². The molecule has 1 aliphatic heterocycles. The lowest BCUT2D eigenvalue weighted by atomic mass is 9.99. The third-order valence-corrected chi connectivity index (χ3v) is 4.61. The predicted molar refractivity (Wildman–Crippen MR) is 97.1 cm³/mol. The molecule has 0 unspecified atom stereocenters. The molecule has 1 saturated heterocycles. The van der Waals surface area contributed by atoms with Crippen molar-refractivity contribution in [1.82, 2.24) is 4.90 Å². The zero-order valence-corrected chi connectivity index (χ0v) is 14.3. The zero-order valence-electron chi connectivity index (χ0n) is 14.3. The average Bonchev–Trinajstić information content (AvgIpc) is 3.06. The number of hydrogen-bond acceptors (Lipinski definition) is 3. The number of carboxylic acid groups (broad SMARTS) is 1. The van der Waals surface area contributed by atoms with Crippen molar-refractivity contribution in [3.8, 4) is 11.1 Å². The van der Waals surface area contributed by atoms with E-state index in [9.17, 15) is 14.7 Å². The topological polar surface area (TPSA) is 70.0 Å². The van der Waals surface area contributed by atoms with Crippen LogP contribution >= 0.6 is 0 Å². The monoisotopic (exact) mass is 336 g/mol. The van der Waals surface area contributed by atoms with Crippen molar-refractivity contribution in [2.24, 2.45) is 4.99 Å². The van der Waals surface area contributed by atoms with E-state index in [0.717, 1.165) is 22.4 Å². The van der Waals surface area contributed by atoms with Crippen LogP contribution in [0.25, 0.3) is 11.1 Å². The van der Waals surface area contributed by atoms with Crippen LogP contribution in [-0.2, 0) is 4.79 Å². The standard InChI is InChI=1S/C20H20N2O3/c1-13-5-3-4-6-17(13)14-7-9-15(10-8-14)19(23)22-12-16(21-2)11-18(22)20(24)25/h3-10,18H,11-12H2,1-2H3,(H,24,25)/t18-/m0/s1. The van der Waals surface area contributed by atoms with Crippen LogP contribution in [0.15, 0.2) is 53.5 Å². The molecule has 25 heavy (non-hydrogen) atoms. The normalized spacial score (nSPS) is 18.6. The van der Waals surface area contributed by atoms with Gasteiger partial charge in [0.1, 0.15) is 6.04 Å². The SMILES string of the molecule is CN=C1C[C@@H](C(=O)O)N(C(=O)c2ccc(-c3ccccc3C)cc2)C1. The number of nitrogens with zero attached hydrogens (tertiary/aromatic N) is 2. The van der Waals surface area contributed by atoms with Gasteiger partial charge in [0.05, 0.1) is 6.54 Å². The molecule has 3 rings (SSSR count). The van der Waals surface area contributed by atoms with Gasteiger partial charge in [-0.2, -0.15) is 0 Å². The summed E-state index contributed by atoms with van der Waals surface area (Å²) in [6.07, 6.45) is 0.291. The number of aryl methyl sites for hydroxylation is 1. The number of aliphatic carboxylic acids is 1. The van der Waals surface area contributed by atoms with Gasteiger partial charge in [-0.1, -0.05) is 36.4 Å². The maximum Gasteiger partial charge on any atom is 0.326 e. The van der Waals surface area contributed by atoms with Crippen molar-refractivity contribution in [3.63, 3.8) is 0 Å². The lowest BCUT2D eigenvalue weighted by molar-refractivity contribution is -0.141. The summed E-state index contributed by atoms with van der Waals surface area (Å²) in [7, 11) is 1.62. The van der Waals surface area contributed by atoms with Crippen LogP contribution in [0.1, 0.15) is 22.3 Å². The highest BCUT2D eigenvalue weighted by Gasteiger charge is 2.37. The molecular weight excluding hydrogens is 316 g/mol. The zero-order chi connectivity index (χ0) is 18.0. The maximum absolute atomic E-state index is 12.7. The van der Waals surface area contributed by atoms with Crippen LogP contribution in [0.2, 0.25) is 0 Å². The number of carbonyl (C=O) groups is 2. The lowest BCUT2D eigenvalue weighted by Gasteiger charge is -2.21. The van der Waals surface area contributed by atoms with E-state index in [1.165, 1.54) is 4.90 Å². The summed E-state index contributed by atoms with van der Waals surface area (Å²) < 4.78 is 0. The van der Waals surface area contributed by atoms with E-state index < -0.39 is 12.0 Å². The fourth-order valence-corrected chi connectivity index (χ4v) is 3.16. The van der Waals surface area contributed by atoms with Gasteiger partial charge >= 0.3 is 5.97 Å². The quantitative estimate of drug-likeness (QED) is 0.936. The molecule has 2 aromatic carbocycles. The molecule has 1 amide bonds. The second kappa shape index (κ2) is 6.89. The number of carboxylic acids is 1. The van der Waals surface area contributed by atoms with Crippen molar-refractivity contribution >= 4 is 17.6 Å². The first-order valence-electron chi connectivity index (χ1n) is 8.15. The van der Waals surface area contributed by atoms with Gasteiger partial charge in [0.2, 0.25) is 0 Å². The Morgan fingerprint density at radius 2 is 1.80 bits per heavy atom. The van der Waals surface area contributed by atoms with Crippen molar-refractivity contribution in [2.45, 2.75) is 19.4 Å². The predicted octanol–water partition coefficient (Wildman–Crippen LogP) is 3.03. The van der Waals surface area contributed by atoms with Gasteiger partial charge in [0.25, 0.3) is 5.91 Å². The highest BCUT2D eigenvalue weighted by atomic mass is 16.4. The summed E-state index contributed by atoms with van der Waals surface area (Å²) in [6, 6.07) is 14.5. The van der Waals surface area contributed by atoms with Crippen LogP contribution in [0.4, 0.5) is 0 Å². The Hall–Kier alpha value is -2.95. The first-order chi connectivity index (χ1) is 12.0. The molecule has 0 radical (unpaired) electrons. The lowest BCUT2D eigenvalue weighted by Crippen LogP contribution is -2.40. The van der Waals surface area contributed by atoms with E-state index in [1.54, 1.807) is 19.2 Å². The molecule has 0 saturated carbocycles. The van der Waals surface area contributed by atoms with E-state index in [0.29, 0.717) is 12.0 Å². The first-order valence-corrected chi connectivity index (χ1v) is 8.15. The largest absolute Gasteiger partial charge is 0.480 e. The minimum atomic E-state index is -0.997. The van der Waals surface area contributed by atoms with Crippen molar-refractivity contribution < 1.29 is 14.7 Å². The van der Waals surface area contributed by atoms with Crippen LogP contribution in [0, 0.1) is 6.92 Å². The Labute approximate surface area is 146 Å². The fraction of sp³-hybridized carbons (Fsp3) is 0.250. The second-order valence-corrected chi connectivity index (χ2v) is 6.17. The van der Waals surface area contributed by atoms with Gasteiger partial charge in [-0.25, -0.2) is 4.79 Å². The molecule has 1 fully saturated rings. The molecule has 2 aromatic rings. The summed E-state index contributed by atoms with van der Waals surface area (Å²) in [5.74, 6) is -1.27. The Kier molecular flexibility index (Phi) is 4.65. The summed E-state index contributed by atoms with van der Waals surface area (Å²) in [4.78, 5) is 29.6. The van der Waals surface area contributed by atoms with Crippen LogP contribution in [-0.4, -0.2) is 47.2 Å². The van der Waals surface area contributed by atoms with Gasteiger partial charge < -0.3 is 10.0 Å². The maximum atomic E-state index is 12.7. The molecule has 5 nitrogen and oxygen atoms in total. The molecule has 1 aliphatic rings. The van der Waals surface area contributed by atoms with Gasteiger partial charge in [0, 0.05) is 24.7 Å². The number of aliphatic imine (C=N–C) groups is 1. The Bertz CT molecular complexity index is 840. The molecule has 1 N–H and O–H groups in total. The second-order valence-electron chi connectivity index (χ2n) is 6.17. The van der Waals surface area contributed by atoms with E-state index in [4.69, 9.17) is 0 Å². The van der Waals surface area contributed by atoms with Gasteiger partial charge in [-0.05, 0) is 35.7 Å². The summed E-state index contributed by atoms with van der Waals surface area (Å²) in [5.41, 5.74) is 4.53. The minimum Gasteiger partial charge on any atom is -0.480 e. The number of amides is 1. The molecule has 0 aromatic heterocycles. The van der Waals surface area contributed by atoms with Crippen molar-refractivity contribution in [3.05, 3.63) is 59.7 Å². The van der Waals surface area contributed by atoms with E-state index in [2.05, 4.69) is 4.99 Å². The molecule has 128 valence electrons. The number of hydrogen-bond donors (Lipinski definition) is 1. The average molecular weight is 336 g/mol. The van der Waals surface area contributed by atoms with Crippen LogP contribution in [0.3, 0.4) is 0 Å². The fourth-order valence-electron chi connectivity index (χ4n) is 3.16. The minimum absolute atomic E-state index is 0.270. The first kappa shape index (κ1) is 16.9.